The molecule has 1 heteroatoms. The molecule has 0 aromatic rings. The van der Waals surface area contributed by atoms with Crippen LogP contribution >= 0.6 is 0 Å². The molecule has 0 bridgehead atoms. The highest BCUT2D eigenvalue weighted by atomic mass is 16.1. The zero-order valence-electron chi connectivity index (χ0n) is 9.42. The Morgan fingerprint density at radius 2 is 2.29 bits per heavy atom. The molecular weight excluding hydrogens is 172 g/mol. The molecule has 0 aliphatic heterocycles. The third kappa shape index (κ3) is 1.97. The number of hydrogen-bond donors (Lipinski definition) is 0. The molecule has 78 valence electrons. The minimum Gasteiger partial charge on any atom is -0.303 e. The Labute approximate surface area is 86.9 Å². The lowest BCUT2D eigenvalue weighted by atomic mass is 9.64. The van der Waals surface area contributed by atoms with Gasteiger partial charge in [0.2, 0.25) is 0 Å². The van der Waals surface area contributed by atoms with E-state index in [2.05, 4.69) is 33.4 Å². The molecule has 2 atom stereocenters. The van der Waals surface area contributed by atoms with E-state index in [1.165, 1.54) is 5.57 Å². The maximum atomic E-state index is 11.0. The van der Waals surface area contributed by atoms with Crippen LogP contribution in [-0.4, -0.2) is 6.29 Å². The number of rotatable bonds is 3. The Balaban J connectivity index is 3.01. The summed E-state index contributed by atoms with van der Waals surface area (Å²) in [7, 11) is 0. The van der Waals surface area contributed by atoms with E-state index in [4.69, 9.17) is 0 Å². The maximum Gasteiger partial charge on any atom is 0.127 e. The first-order valence-electron chi connectivity index (χ1n) is 5.27. The first-order valence-corrected chi connectivity index (χ1v) is 5.27. The predicted molar refractivity (Wildman–Crippen MR) is 60.0 cm³/mol. The van der Waals surface area contributed by atoms with Gasteiger partial charge in [0.05, 0.1) is 0 Å². The van der Waals surface area contributed by atoms with Crippen LogP contribution in [0.2, 0.25) is 0 Å². The fourth-order valence-corrected chi connectivity index (χ4v) is 2.67. The molecule has 0 radical (unpaired) electrons. The molecule has 0 spiro atoms. The molecule has 0 saturated heterocycles. The molecule has 0 amide bonds. The SMILES string of the molecule is C=CC(C=O)C1C(C)=CCCC1(C)C. The van der Waals surface area contributed by atoms with Crippen LogP contribution in [-0.2, 0) is 4.79 Å². The summed E-state index contributed by atoms with van der Waals surface area (Å²) < 4.78 is 0. The maximum absolute atomic E-state index is 11.0. The van der Waals surface area contributed by atoms with Crippen molar-refractivity contribution >= 4 is 6.29 Å². The molecule has 0 aromatic carbocycles. The Kier molecular flexibility index (Phi) is 3.30. The topological polar surface area (TPSA) is 17.1 Å². The summed E-state index contributed by atoms with van der Waals surface area (Å²) in [5.74, 6) is 0.313. The Morgan fingerprint density at radius 1 is 1.64 bits per heavy atom. The zero-order valence-corrected chi connectivity index (χ0v) is 9.42. The molecule has 0 aromatic heterocycles. The molecule has 2 unspecified atom stereocenters. The van der Waals surface area contributed by atoms with Crippen molar-refractivity contribution in [2.24, 2.45) is 17.3 Å². The summed E-state index contributed by atoms with van der Waals surface area (Å²) in [6.07, 6.45) is 7.37. The third-order valence-corrected chi connectivity index (χ3v) is 3.40. The molecule has 0 fully saturated rings. The lowest BCUT2D eigenvalue weighted by Gasteiger charge is -2.40. The van der Waals surface area contributed by atoms with Crippen LogP contribution in [0.25, 0.3) is 0 Å². The van der Waals surface area contributed by atoms with Gasteiger partial charge in [-0.2, -0.15) is 0 Å². The Morgan fingerprint density at radius 3 is 2.71 bits per heavy atom. The number of aldehydes is 1. The van der Waals surface area contributed by atoms with E-state index in [1.54, 1.807) is 6.08 Å². The summed E-state index contributed by atoms with van der Waals surface area (Å²) >= 11 is 0. The summed E-state index contributed by atoms with van der Waals surface area (Å²) in [5, 5.41) is 0. The molecule has 1 nitrogen and oxygen atoms in total. The third-order valence-electron chi connectivity index (χ3n) is 3.40. The fourth-order valence-electron chi connectivity index (χ4n) is 2.67. The van der Waals surface area contributed by atoms with Crippen LogP contribution in [0.3, 0.4) is 0 Å². The molecule has 1 aliphatic rings. The van der Waals surface area contributed by atoms with Gasteiger partial charge in [-0.3, -0.25) is 0 Å². The van der Waals surface area contributed by atoms with Crippen LogP contribution < -0.4 is 0 Å². The van der Waals surface area contributed by atoms with Crippen LogP contribution in [0.5, 0.6) is 0 Å². The van der Waals surface area contributed by atoms with Crippen LogP contribution in [0.4, 0.5) is 0 Å². The van der Waals surface area contributed by atoms with E-state index < -0.39 is 0 Å². The first kappa shape index (κ1) is 11.2. The normalized spacial score (nSPS) is 27.6. The van der Waals surface area contributed by atoms with E-state index >= 15 is 0 Å². The first-order chi connectivity index (χ1) is 6.53. The van der Waals surface area contributed by atoms with Crippen molar-refractivity contribution in [1.82, 2.24) is 0 Å². The zero-order chi connectivity index (χ0) is 10.8. The molecule has 14 heavy (non-hydrogen) atoms. The van der Waals surface area contributed by atoms with Gasteiger partial charge < -0.3 is 4.79 Å². The molecular formula is C13H20O. The van der Waals surface area contributed by atoms with Gasteiger partial charge in [0.25, 0.3) is 0 Å². The highest BCUT2D eigenvalue weighted by Gasteiger charge is 2.36. The van der Waals surface area contributed by atoms with Gasteiger partial charge in [0, 0.05) is 5.92 Å². The number of hydrogen-bond acceptors (Lipinski definition) is 1. The van der Waals surface area contributed by atoms with Crippen molar-refractivity contribution in [3.8, 4) is 0 Å². The van der Waals surface area contributed by atoms with Crippen LogP contribution in [0.1, 0.15) is 33.6 Å². The highest BCUT2D eigenvalue weighted by molar-refractivity contribution is 5.58. The van der Waals surface area contributed by atoms with Gasteiger partial charge in [0.1, 0.15) is 6.29 Å². The van der Waals surface area contributed by atoms with Crippen molar-refractivity contribution in [2.75, 3.05) is 0 Å². The second-order valence-electron chi connectivity index (χ2n) is 4.90. The van der Waals surface area contributed by atoms with Gasteiger partial charge in [0.15, 0.2) is 0 Å². The van der Waals surface area contributed by atoms with E-state index in [1.807, 2.05) is 0 Å². The minimum absolute atomic E-state index is 0.0263. The standard InChI is InChI=1S/C13H20O/c1-5-11(9-14)12-10(2)7-6-8-13(12,3)4/h5,7,9,11-12H,1,6,8H2,2-4H3. The number of carbonyl (C=O) groups excluding carboxylic acids is 1. The van der Waals surface area contributed by atoms with E-state index in [9.17, 15) is 4.79 Å². The number of carbonyl (C=O) groups is 1. The van der Waals surface area contributed by atoms with Gasteiger partial charge in [-0.1, -0.05) is 31.6 Å². The van der Waals surface area contributed by atoms with E-state index in [0.29, 0.717) is 5.92 Å². The van der Waals surface area contributed by atoms with Gasteiger partial charge in [-0.15, -0.1) is 6.58 Å². The molecule has 1 rings (SSSR count). The van der Waals surface area contributed by atoms with Crippen molar-refractivity contribution in [1.29, 1.82) is 0 Å². The Bertz CT molecular complexity index is 252. The van der Waals surface area contributed by atoms with E-state index in [-0.39, 0.29) is 11.3 Å². The monoisotopic (exact) mass is 192 g/mol. The van der Waals surface area contributed by atoms with Crippen LogP contribution in [0, 0.1) is 17.3 Å². The van der Waals surface area contributed by atoms with Gasteiger partial charge >= 0.3 is 0 Å². The summed E-state index contributed by atoms with van der Waals surface area (Å²) in [6.45, 7) is 10.4. The lowest BCUT2D eigenvalue weighted by molar-refractivity contribution is -0.112. The molecule has 0 N–H and O–H groups in total. The predicted octanol–water partition coefficient (Wildman–Crippen LogP) is 3.37. The Hall–Kier alpha value is -0.850. The molecule has 0 heterocycles. The van der Waals surface area contributed by atoms with Crippen molar-refractivity contribution < 1.29 is 4.79 Å². The second kappa shape index (κ2) is 4.12. The number of allylic oxidation sites excluding steroid dienone is 3. The van der Waals surface area contributed by atoms with Gasteiger partial charge in [-0.05, 0) is 31.1 Å². The van der Waals surface area contributed by atoms with Gasteiger partial charge in [-0.25, -0.2) is 0 Å². The average Bonchev–Trinajstić information content (AvgIpc) is 2.11. The van der Waals surface area contributed by atoms with E-state index in [0.717, 1.165) is 19.1 Å². The average molecular weight is 192 g/mol. The minimum atomic E-state index is -0.0263. The summed E-state index contributed by atoms with van der Waals surface area (Å²) in [4.78, 5) is 11.0. The van der Waals surface area contributed by atoms with Crippen molar-refractivity contribution in [3.05, 3.63) is 24.3 Å². The summed E-state index contributed by atoms with van der Waals surface area (Å²) in [5.41, 5.74) is 1.57. The van der Waals surface area contributed by atoms with Crippen LogP contribution in [0.15, 0.2) is 24.3 Å². The second-order valence-corrected chi connectivity index (χ2v) is 4.90. The molecule has 0 saturated carbocycles. The highest BCUT2D eigenvalue weighted by Crippen LogP contribution is 2.44. The fraction of sp³-hybridized carbons (Fsp3) is 0.615. The largest absolute Gasteiger partial charge is 0.303 e. The summed E-state index contributed by atoms with van der Waals surface area (Å²) in [6, 6.07) is 0. The smallest absolute Gasteiger partial charge is 0.127 e. The lowest BCUT2D eigenvalue weighted by Crippen LogP contribution is -2.33. The van der Waals surface area contributed by atoms with Crippen molar-refractivity contribution in [2.45, 2.75) is 33.6 Å². The molecule has 1 aliphatic carbocycles. The van der Waals surface area contributed by atoms with Crippen molar-refractivity contribution in [3.63, 3.8) is 0 Å². The quantitative estimate of drug-likeness (QED) is 0.495.